The normalized spacial score (nSPS) is 10.5. The van der Waals surface area contributed by atoms with Crippen molar-refractivity contribution in [3.8, 4) is 0 Å². The summed E-state index contributed by atoms with van der Waals surface area (Å²) < 4.78 is 2.04. The van der Waals surface area contributed by atoms with Crippen LogP contribution < -0.4 is 11.5 Å². The fourth-order valence-electron chi connectivity index (χ4n) is 2.54. The van der Waals surface area contributed by atoms with Crippen LogP contribution in [0.25, 0.3) is 11.0 Å². The molecule has 4 N–H and O–H groups in total. The van der Waals surface area contributed by atoms with Gasteiger partial charge in [-0.05, 0) is 37.7 Å². The summed E-state index contributed by atoms with van der Waals surface area (Å²) in [6, 6.07) is 15.8. The SMILES string of the molecule is CCc1nc2ccccc2n1CC(=O)C(C)(C)C.CN.Cc1ccccc1N. The number of nitrogen functional groups attached to an aromatic ring is 1. The fourth-order valence-corrected chi connectivity index (χ4v) is 2.54. The number of ketones is 1. The van der Waals surface area contributed by atoms with Crippen LogP contribution in [0.2, 0.25) is 0 Å². The quantitative estimate of drug-likeness (QED) is 0.659. The number of rotatable bonds is 3. The first kappa shape index (κ1) is 23.4. The van der Waals surface area contributed by atoms with Crippen LogP contribution in [0, 0.1) is 12.3 Å². The highest BCUT2D eigenvalue weighted by Gasteiger charge is 2.23. The smallest absolute Gasteiger partial charge is 0.157 e. The van der Waals surface area contributed by atoms with E-state index in [9.17, 15) is 4.79 Å². The van der Waals surface area contributed by atoms with Crippen LogP contribution in [0.5, 0.6) is 0 Å². The van der Waals surface area contributed by atoms with Gasteiger partial charge in [-0.3, -0.25) is 4.79 Å². The van der Waals surface area contributed by atoms with E-state index in [1.165, 1.54) is 7.05 Å². The molecule has 0 atom stereocenters. The van der Waals surface area contributed by atoms with Crippen molar-refractivity contribution in [2.24, 2.45) is 11.1 Å². The first-order valence-electron chi connectivity index (χ1n) is 9.60. The zero-order valence-electron chi connectivity index (χ0n) is 18.0. The third kappa shape index (κ3) is 6.20. The summed E-state index contributed by atoms with van der Waals surface area (Å²) in [6.45, 7) is 10.3. The van der Waals surface area contributed by atoms with Gasteiger partial charge in [0.15, 0.2) is 5.78 Å². The summed E-state index contributed by atoms with van der Waals surface area (Å²) in [6.07, 6.45) is 0.839. The summed E-state index contributed by atoms with van der Waals surface area (Å²) in [5.41, 5.74) is 13.7. The van der Waals surface area contributed by atoms with Crippen LogP contribution in [-0.4, -0.2) is 22.4 Å². The number of carbonyl (C=O) groups excluding carboxylic acids is 1. The minimum Gasteiger partial charge on any atom is -0.399 e. The lowest BCUT2D eigenvalue weighted by molar-refractivity contribution is -0.126. The lowest BCUT2D eigenvalue weighted by atomic mass is 9.91. The summed E-state index contributed by atoms with van der Waals surface area (Å²) in [4.78, 5) is 16.8. The summed E-state index contributed by atoms with van der Waals surface area (Å²) >= 11 is 0. The molecule has 5 heteroatoms. The van der Waals surface area contributed by atoms with Crippen molar-refractivity contribution in [3.63, 3.8) is 0 Å². The number of fused-ring (bicyclic) bond motifs is 1. The number of carbonyl (C=O) groups is 1. The molecule has 0 bridgehead atoms. The number of Topliss-reactive ketones (excluding diaryl/α,β-unsaturated/α-hetero) is 1. The minimum atomic E-state index is -0.309. The Labute approximate surface area is 168 Å². The van der Waals surface area contributed by atoms with Crippen LogP contribution in [0.1, 0.15) is 39.1 Å². The first-order valence-corrected chi connectivity index (χ1v) is 9.60. The molecule has 0 amide bonds. The maximum Gasteiger partial charge on any atom is 0.157 e. The van der Waals surface area contributed by atoms with Crippen molar-refractivity contribution in [1.29, 1.82) is 0 Å². The van der Waals surface area contributed by atoms with Gasteiger partial charge in [0.25, 0.3) is 0 Å². The molecular weight excluding hydrogens is 348 g/mol. The molecule has 1 aromatic heterocycles. The predicted octanol–water partition coefficient (Wildman–Crippen LogP) is 4.37. The molecule has 3 aromatic rings. The van der Waals surface area contributed by atoms with Gasteiger partial charge in [0.2, 0.25) is 0 Å². The molecule has 0 aliphatic rings. The van der Waals surface area contributed by atoms with Crippen molar-refractivity contribution in [1.82, 2.24) is 9.55 Å². The maximum atomic E-state index is 12.2. The third-order valence-corrected chi connectivity index (χ3v) is 4.38. The van der Waals surface area contributed by atoms with Crippen molar-refractivity contribution in [3.05, 3.63) is 59.9 Å². The highest BCUT2D eigenvalue weighted by molar-refractivity contribution is 5.85. The number of imidazole rings is 1. The highest BCUT2D eigenvalue weighted by atomic mass is 16.1. The molecule has 28 heavy (non-hydrogen) atoms. The van der Waals surface area contributed by atoms with E-state index in [-0.39, 0.29) is 11.2 Å². The Balaban J connectivity index is 0.000000327. The molecule has 0 saturated heterocycles. The van der Waals surface area contributed by atoms with E-state index >= 15 is 0 Å². The number of nitrogens with zero attached hydrogens (tertiary/aromatic N) is 2. The Bertz CT molecular complexity index is 870. The molecule has 0 unspecified atom stereocenters. The van der Waals surface area contributed by atoms with E-state index < -0.39 is 0 Å². The molecular formula is C23H34N4O. The zero-order valence-corrected chi connectivity index (χ0v) is 18.0. The van der Waals surface area contributed by atoms with Crippen LogP contribution in [0.3, 0.4) is 0 Å². The Morgan fingerprint density at radius 1 is 1.04 bits per heavy atom. The molecule has 5 nitrogen and oxygen atoms in total. The molecule has 152 valence electrons. The number of hydrogen-bond acceptors (Lipinski definition) is 4. The minimum absolute atomic E-state index is 0.236. The molecule has 0 aliphatic heterocycles. The van der Waals surface area contributed by atoms with Crippen LogP contribution in [0.4, 0.5) is 5.69 Å². The lowest BCUT2D eigenvalue weighted by Crippen LogP contribution is -2.25. The fraction of sp³-hybridized carbons (Fsp3) is 0.391. The van der Waals surface area contributed by atoms with Gasteiger partial charge in [0, 0.05) is 17.5 Å². The Hall–Kier alpha value is -2.66. The second-order valence-corrected chi connectivity index (χ2v) is 7.49. The van der Waals surface area contributed by atoms with Gasteiger partial charge >= 0.3 is 0 Å². The Kier molecular flexibility index (Phi) is 8.86. The van der Waals surface area contributed by atoms with E-state index in [1.807, 2.05) is 80.8 Å². The highest BCUT2D eigenvalue weighted by Crippen LogP contribution is 2.20. The number of nitrogens with two attached hydrogens (primary N) is 2. The second kappa shape index (κ2) is 10.6. The largest absolute Gasteiger partial charge is 0.399 e. The van der Waals surface area contributed by atoms with E-state index in [0.717, 1.165) is 34.5 Å². The average Bonchev–Trinajstić information content (AvgIpc) is 3.03. The number of aryl methyl sites for hydroxylation is 2. The topological polar surface area (TPSA) is 86.9 Å². The van der Waals surface area contributed by atoms with E-state index in [1.54, 1.807) is 0 Å². The zero-order chi connectivity index (χ0) is 21.3. The third-order valence-electron chi connectivity index (χ3n) is 4.38. The van der Waals surface area contributed by atoms with Gasteiger partial charge in [0.05, 0.1) is 17.6 Å². The summed E-state index contributed by atoms with van der Waals surface area (Å²) in [7, 11) is 1.50. The van der Waals surface area contributed by atoms with Crippen molar-refractivity contribution < 1.29 is 4.79 Å². The molecule has 0 fully saturated rings. The molecule has 0 radical (unpaired) electrons. The van der Waals surface area contributed by atoms with Crippen LogP contribution in [-0.2, 0) is 17.8 Å². The molecule has 1 heterocycles. The monoisotopic (exact) mass is 382 g/mol. The second-order valence-electron chi connectivity index (χ2n) is 7.49. The predicted molar refractivity (Wildman–Crippen MR) is 119 cm³/mol. The van der Waals surface area contributed by atoms with E-state index in [2.05, 4.69) is 17.6 Å². The summed E-state index contributed by atoms with van der Waals surface area (Å²) in [5.74, 6) is 1.22. The lowest BCUT2D eigenvalue weighted by Gasteiger charge is -2.18. The Morgan fingerprint density at radius 3 is 2.11 bits per heavy atom. The number of para-hydroxylation sites is 3. The van der Waals surface area contributed by atoms with E-state index in [0.29, 0.717) is 6.54 Å². The van der Waals surface area contributed by atoms with Gasteiger partial charge in [-0.1, -0.05) is 58.0 Å². The molecule has 0 aliphatic carbocycles. The van der Waals surface area contributed by atoms with Gasteiger partial charge in [-0.2, -0.15) is 0 Å². The van der Waals surface area contributed by atoms with Gasteiger partial charge in [0.1, 0.15) is 5.82 Å². The standard InChI is InChI=1S/C15H20N2O.C7H9N.CH5N/c1-5-14-16-11-8-6-7-9-12(11)17(14)10-13(18)15(2,3)4;1-6-4-2-3-5-7(6)8;1-2/h6-9H,5,10H2,1-4H3;2-5H,8H2,1H3;2H2,1H3. The number of aromatic nitrogens is 2. The summed E-state index contributed by atoms with van der Waals surface area (Å²) in [5, 5.41) is 0. The van der Waals surface area contributed by atoms with Gasteiger partial charge < -0.3 is 16.0 Å². The molecule has 3 rings (SSSR count). The van der Waals surface area contributed by atoms with Gasteiger partial charge in [-0.25, -0.2) is 4.98 Å². The van der Waals surface area contributed by atoms with Crippen LogP contribution >= 0.6 is 0 Å². The number of hydrogen-bond donors (Lipinski definition) is 2. The first-order chi connectivity index (χ1) is 13.2. The Morgan fingerprint density at radius 2 is 1.61 bits per heavy atom. The van der Waals surface area contributed by atoms with Crippen molar-refractivity contribution in [2.75, 3.05) is 12.8 Å². The number of benzene rings is 2. The molecule has 0 spiro atoms. The van der Waals surface area contributed by atoms with Crippen molar-refractivity contribution >= 4 is 22.5 Å². The molecule has 2 aromatic carbocycles. The van der Waals surface area contributed by atoms with Crippen LogP contribution in [0.15, 0.2) is 48.5 Å². The van der Waals surface area contributed by atoms with Gasteiger partial charge in [-0.15, -0.1) is 0 Å². The van der Waals surface area contributed by atoms with E-state index in [4.69, 9.17) is 5.73 Å². The number of anilines is 1. The van der Waals surface area contributed by atoms with Crippen molar-refractivity contribution in [2.45, 2.75) is 47.6 Å². The average molecular weight is 383 g/mol. The molecule has 0 saturated carbocycles. The maximum absolute atomic E-state index is 12.2.